The summed E-state index contributed by atoms with van der Waals surface area (Å²) >= 11 is 1.75. The zero-order valence-corrected chi connectivity index (χ0v) is 20.8. The number of nitrogens with zero attached hydrogens (tertiary/aromatic N) is 1. The number of rotatable bonds is 7. The first-order valence-corrected chi connectivity index (χ1v) is 12.8. The molecule has 37 heavy (non-hydrogen) atoms. The molecule has 0 aliphatic carbocycles. The maximum atomic E-state index is 12.7. The number of nitrogens with one attached hydrogen (secondary N) is 2. The number of para-hydroxylation sites is 1. The number of allylic oxidation sites excluding steroid dienone is 2. The van der Waals surface area contributed by atoms with Crippen LogP contribution in [0.3, 0.4) is 0 Å². The normalized spacial score (nSPS) is 13.5. The second-order valence-electron chi connectivity index (χ2n) is 8.73. The van der Waals surface area contributed by atoms with Crippen molar-refractivity contribution in [2.24, 2.45) is 0 Å². The highest BCUT2D eigenvalue weighted by atomic mass is 32.1. The van der Waals surface area contributed by atoms with Gasteiger partial charge in [-0.05, 0) is 83.3 Å². The number of thiophene rings is 1. The fourth-order valence-corrected chi connectivity index (χ4v) is 5.29. The molecule has 7 heteroatoms. The summed E-state index contributed by atoms with van der Waals surface area (Å²) < 4.78 is 1.27. The van der Waals surface area contributed by atoms with Gasteiger partial charge in [-0.15, -0.1) is 11.3 Å². The third kappa shape index (κ3) is 5.37. The lowest BCUT2D eigenvalue weighted by atomic mass is 9.98. The van der Waals surface area contributed by atoms with E-state index in [0.29, 0.717) is 5.69 Å². The Kier molecular flexibility index (Phi) is 6.96. The molecule has 184 valence electrons. The van der Waals surface area contributed by atoms with Crippen LogP contribution in [-0.2, 0) is 16.0 Å². The molecule has 0 saturated heterocycles. The van der Waals surface area contributed by atoms with Gasteiger partial charge in [0.05, 0.1) is 5.57 Å². The van der Waals surface area contributed by atoms with Crippen molar-refractivity contribution >= 4 is 62.1 Å². The van der Waals surface area contributed by atoms with Crippen LogP contribution in [0, 0.1) is 5.41 Å². The van der Waals surface area contributed by atoms with Crippen LogP contribution in [0.15, 0.2) is 95.9 Å². The Morgan fingerprint density at radius 2 is 1.86 bits per heavy atom. The number of fused-ring (bicyclic) bond motifs is 2. The summed E-state index contributed by atoms with van der Waals surface area (Å²) in [5.41, 5.74) is 4.09. The van der Waals surface area contributed by atoms with Gasteiger partial charge in [0.15, 0.2) is 5.71 Å². The minimum Gasteiger partial charge on any atom is -0.477 e. The Morgan fingerprint density at radius 1 is 1.03 bits per heavy atom. The van der Waals surface area contributed by atoms with E-state index in [-0.39, 0.29) is 5.57 Å². The Morgan fingerprint density at radius 3 is 2.68 bits per heavy atom. The summed E-state index contributed by atoms with van der Waals surface area (Å²) in [6, 6.07) is 23.7. The van der Waals surface area contributed by atoms with Crippen LogP contribution in [0.5, 0.6) is 0 Å². The van der Waals surface area contributed by atoms with Crippen molar-refractivity contribution in [3.63, 3.8) is 0 Å². The Labute approximate surface area is 218 Å². The van der Waals surface area contributed by atoms with Crippen LogP contribution in [0.25, 0.3) is 16.2 Å². The number of carbonyl (C=O) groups is 2. The van der Waals surface area contributed by atoms with Crippen LogP contribution >= 0.6 is 11.3 Å². The zero-order chi connectivity index (χ0) is 25.8. The number of aryl methyl sites for hydroxylation is 1. The summed E-state index contributed by atoms with van der Waals surface area (Å²) in [4.78, 5) is 26.5. The fraction of sp³-hybridized carbons (Fsp3) is 0.100. The van der Waals surface area contributed by atoms with E-state index in [4.69, 9.17) is 5.41 Å². The summed E-state index contributed by atoms with van der Waals surface area (Å²) in [5, 5.41) is 23.2. The first-order chi connectivity index (χ1) is 18.0. The molecule has 0 saturated carbocycles. The molecule has 0 fully saturated rings. The summed E-state index contributed by atoms with van der Waals surface area (Å²) in [6.07, 6.45) is 6.82. The van der Waals surface area contributed by atoms with E-state index in [2.05, 4.69) is 52.0 Å². The molecule has 1 aliphatic heterocycles. The van der Waals surface area contributed by atoms with Gasteiger partial charge in [0.25, 0.3) is 5.91 Å². The quantitative estimate of drug-likeness (QED) is 0.148. The Hall–Kier alpha value is -4.49. The number of aliphatic carboxylic acids is 1. The molecule has 1 amide bonds. The van der Waals surface area contributed by atoms with Gasteiger partial charge in [-0.2, -0.15) is 0 Å². The summed E-state index contributed by atoms with van der Waals surface area (Å²) in [7, 11) is 0. The standard InChI is InChI=1S/C30H25N3O3S/c31-28(30(35)36)25(29(34)32-23-8-2-1-3-9-23)10-4-6-20-11-14-26-22(18-20)7-5-16-33(26)24-13-12-21-15-17-37-27(21)19-24/h1-4,6,8-15,17-19,31H,5,7,16H2,(H,32,34)(H,35,36)/b6-4+,25-10-,31-28?. The molecule has 0 radical (unpaired) electrons. The highest BCUT2D eigenvalue weighted by molar-refractivity contribution is 7.17. The Bertz CT molecular complexity index is 1550. The molecule has 2 heterocycles. The molecule has 3 N–H and O–H groups in total. The number of carboxylic acids is 1. The number of benzene rings is 3. The second kappa shape index (κ2) is 10.6. The van der Waals surface area contributed by atoms with Gasteiger partial charge in [0.1, 0.15) is 0 Å². The number of hydrogen-bond acceptors (Lipinski definition) is 5. The van der Waals surface area contributed by atoms with Crippen molar-refractivity contribution in [3.05, 3.63) is 107 Å². The van der Waals surface area contributed by atoms with Crippen molar-refractivity contribution in [3.8, 4) is 0 Å². The maximum absolute atomic E-state index is 12.7. The molecular weight excluding hydrogens is 482 g/mol. The van der Waals surface area contributed by atoms with E-state index in [9.17, 15) is 14.7 Å². The van der Waals surface area contributed by atoms with Crippen LogP contribution in [0.4, 0.5) is 17.1 Å². The van der Waals surface area contributed by atoms with Gasteiger partial charge in [-0.3, -0.25) is 10.2 Å². The number of carbonyl (C=O) groups excluding carboxylic acids is 1. The average molecular weight is 508 g/mol. The third-order valence-electron chi connectivity index (χ3n) is 6.28. The van der Waals surface area contributed by atoms with E-state index in [0.717, 1.165) is 24.9 Å². The van der Waals surface area contributed by atoms with Crippen molar-refractivity contribution in [2.45, 2.75) is 12.8 Å². The van der Waals surface area contributed by atoms with Crippen molar-refractivity contribution in [1.29, 1.82) is 5.41 Å². The lowest BCUT2D eigenvalue weighted by Gasteiger charge is -2.31. The minimum atomic E-state index is -1.46. The van der Waals surface area contributed by atoms with Gasteiger partial charge in [0, 0.05) is 28.3 Å². The second-order valence-corrected chi connectivity index (χ2v) is 9.67. The van der Waals surface area contributed by atoms with Crippen LogP contribution < -0.4 is 10.2 Å². The van der Waals surface area contributed by atoms with Crippen LogP contribution in [-0.4, -0.2) is 29.2 Å². The summed E-state index contributed by atoms with van der Waals surface area (Å²) in [5.74, 6) is -2.11. The minimum absolute atomic E-state index is 0.222. The fourth-order valence-electron chi connectivity index (χ4n) is 4.46. The van der Waals surface area contributed by atoms with Gasteiger partial charge in [0.2, 0.25) is 0 Å². The number of hydrogen-bond donors (Lipinski definition) is 3. The van der Waals surface area contributed by atoms with Crippen molar-refractivity contribution in [2.75, 3.05) is 16.8 Å². The largest absolute Gasteiger partial charge is 0.477 e. The number of amides is 1. The zero-order valence-electron chi connectivity index (χ0n) is 20.0. The number of anilines is 3. The van der Waals surface area contributed by atoms with E-state index in [1.807, 2.05) is 18.2 Å². The van der Waals surface area contributed by atoms with Gasteiger partial charge in [-0.25, -0.2) is 4.79 Å². The highest BCUT2D eigenvalue weighted by Crippen LogP contribution is 2.36. The predicted molar refractivity (Wildman–Crippen MR) is 151 cm³/mol. The molecule has 0 atom stereocenters. The van der Waals surface area contributed by atoms with Gasteiger partial charge < -0.3 is 15.3 Å². The number of carboxylic acid groups (broad SMARTS) is 1. The Balaban J connectivity index is 1.38. The molecule has 3 aromatic carbocycles. The molecule has 5 rings (SSSR count). The van der Waals surface area contributed by atoms with E-state index >= 15 is 0 Å². The highest BCUT2D eigenvalue weighted by Gasteiger charge is 2.21. The predicted octanol–water partition coefficient (Wildman–Crippen LogP) is 6.67. The van der Waals surface area contributed by atoms with E-state index in [1.54, 1.807) is 41.7 Å². The molecule has 1 aromatic heterocycles. The lowest BCUT2D eigenvalue weighted by molar-refractivity contribution is -0.129. The molecule has 4 aromatic rings. The summed E-state index contributed by atoms with van der Waals surface area (Å²) in [6.45, 7) is 0.957. The third-order valence-corrected chi connectivity index (χ3v) is 7.16. The molecular formula is C30H25N3O3S. The van der Waals surface area contributed by atoms with Crippen molar-refractivity contribution < 1.29 is 14.7 Å². The monoisotopic (exact) mass is 507 g/mol. The molecule has 0 spiro atoms. The maximum Gasteiger partial charge on any atom is 0.354 e. The average Bonchev–Trinajstić information content (AvgIpc) is 3.39. The molecule has 0 bridgehead atoms. The van der Waals surface area contributed by atoms with Crippen LogP contribution in [0.2, 0.25) is 0 Å². The van der Waals surface area contributed by atoms with Crippen LogP contribution in [0.1, 0.15) is 17.5 Å². The smallest absolute Gasteiger partial charge is 0.354 e. The van der Waals surface area contributed by atoms with E-state index < -0.39 is 17.6 Å². The van der Waals surface area contributed by atoms with Crippen molar-refractivity contribution in [1.82, 2.24) is 0 Å². The molecule has 0 unspecified atom stereocenters. The van der Waals surface area contributed by atoms with Gasteiger partial charge >= 0.3 is 5.97 Å². The van der Waals surface area contributed by atoms with E-state index in [1.165, 1.54) is 33.1 Å². The first kappa shape index (κ1) is 24.2. The topological polar surface area (TPSA) is 93.5 Å². The molecule has 6 nitrogen and oxygen atoms in total. The molecule has 1 aliphatic rings. The SMILES string of the molecule is N=C(C(=O)O)/C(=C/C=C/c1ccc2c(c1)CCCN2c1ccc2ccsc2c1)C(=O)Nc1ccccc1. The lowest BCUT2D eigenvalue weighted by Crippen LogP contribution is -2.25. The first-order valence-electron chi connectivity index (χ1n) is 11.9. The van der Waals surface area contributed by atoms with Gasteiger partial charge in [-0.1, -0.05) is 42.5 Å².